The first-order valence-electron chi connectivity index (χ1n) is 11.2. The number of nitrogens with zero attached hydrogens (tertiary/aromatic N) is 1. The Morgan fingerprint density at radius 2 is 1.47 bits per heavy atom. The number of methoxy groups -OCH3 is 3. The molecule has 2 aromatic carbocycles. The minimum Gasteiger partial charge on any atom is -0.493 e. The maximum atomic E-state index is 13.2. The number of hydrogen-bond acceptors (Lipinski definition) is 7. The van der Waals surface area contributed by atoms with E-state index in [0.717, 1.165) is 12.8 Å². The second-order valence-electron chi connectivity index (χ2n) is 8.10. The molecule has 0 bridgehead atoms. The number of halogens is 2. The Labute approximate surface area is 219 Å². The second kappa shape index (κ2) is 11.5. The third-order valence-electron chi connectivity index (χ3n) is 5.61. The largest absolute Gasteiger partial charge is 0.493 e. The standard InChI is InChI=1S/C27H25Cl2NO6/c1-32-22-9-7-18(11-25(22)34-3)27(31)36-24(12-19-20(28)13-30-14-21(19)29)17-6-8-23(33-2)26(10-17)35-15-16-4-5-16/h6-14,16H,4-5,15H2,1-3H3. The van der Waals surface area contributed by atoms with Gasteiger partial charge in [-0.15, -0.1) is 0 Å². The van der Waals surface area contributed by atoms with Crippen molar-refractivity contribution < 1.29 is 28.5 Å². The third kappa shape index (κ3) is 6.04. The van der Waals surface area contributed by atoms with Gasteiger partial charge in [-0.1, -0.05) is 23.2 Å². The number of ether oxygens (including phenoxy) is 5. The maximum absolute atomic E-state index is 13.2. The topological polar surface area (TPSA) is 76.1 Å². The Kier molecular flexibility index (Phi) is 8.23. The number of hydrogen-bond donors (Lipinski definition) is 0. The normalized spacial score (nSPS) is 13.2. The van der Waals surface area contributed by atoms with Gasteiger partial charge in [0.2, 0.25) is 0 Å². The van der Waals surface area contributed by atoms with Gasteiger partial charge in [0.25, 0.3) is 0 Å². The highest BCUT2D eigenvalue weighted by Crippen LogP contribution is 2.37. The molecule has 1 aromatic heterocycles. The molecule has 0 amide bonds. The number of pyridine rings is 1. The van der Waals surface area contributed by atoms with Gasteiger partial charge >= 0.3 is 5.97 Å². The van der Waals surface area contributed by atoms with Crippen molar-refractivity contribution in [3.63, 3.8) is 0 Å². The third-order valence-corrected chi connectivity index (χ3v) is 6.21. The molecule has 1 aliphatic rings. The first-order valence-corrected chi connectivity index (χ1v) is 11.9. The van der Waals surface area contributed by atoms with Crippen molar-refractivity contribution in [1.29, 1.82) is 0 Å². The molecule has 9 heteroatoms. The monoisotopic (exact) mass is 529 g/mol. The Morgan fingerprint density at radius 1 is 0.889 bits per heavy atom. The first-order chi connectivity index (χ1) is 17.4. The lowest BCUT2D eigenvalue weighted by molar-refractivity contribution is 0.0693. The van der Waals surface area contributed by atoms with Crippen LogP contribution < -0.4 is 18.9 Å². The van der Waals surface area contributed by atoms with Gasteiger partial charge in [-0.3, -0.25) is 4.98 Å². The number of benzene rings is 2. The molecule has 188 valence electrons. The summed E-state index contributed by atoms with van der Waals surface area (Å²) in [6, 6.07) is 10.0. The van der Waals surface area contributed by atoms with E-state index in [1.807, 2.05) is 0 Å². The molecule has 1 heterocycles. The average Bonchev–Trinajstić information content (AvgIpc) is 3.73. The summed E-state index contributed by atoms with van der Waals surface area (Å²) in [7, 11) is 4.58. The summed E-state index contributed by atoms with van der Waals surface area (Å²) < 4.78 is 27.9. The van der Waals surface area contributed by atoms with E-state index in [4.69, 9.17) is 46.9 Å². The smallest absolute Gasteiger partial charge is 0.343 e. The minimum atomic E-state index is -0.611. The van der Waals surface area contributed by atoms with Gasteiger partial charge in [0.05, 0.1) is 43.5 Å². The van der Waals surface area contributed by atoms with Gasteiger partial charge in [0.15, 0.2) is 23.0 Å². The van der Waals surface area contributed by atoms with Crippen molar-refractivity contribution >= 4 is 41.0 Å². The molecule has 1 saturated carbocycles. The van der Waals surface area contributed by atoms with E-state index >= 15 is 0 Å². The Morgan fingerprint density at radius 3 is 2.08 bits per heavy atom. The summed E-state index contributed by atoms with van der Waals surface area (Å²) in [5.41, 5.74) is 1.29. The van der Waals surface area contributed by atoms with Crippen molar-refractivity contribution in [2.75, 3.05) is 27.9 Å². The number of carbonyl (C=O) groups excluding carboxylic acids is 1. The lowest BCUT2D eigenvalue weighted by atomic mass is 10.1. The summed E-state index contributed by atoms with van der Waals surface area (Å²) in [5, 5.41) is 0.613. The molecule has 0 saturated heterocycles. The van der Waals surface area contributed by atoms with E-state index in [1.165, 1.54) is 26.6 Å². The Bertz CT molecular complexity index is 1270. The molecule has 0 radical (unpaired) electrons. The molecule has 0 spiro atoms. The molecular formula is C27H25Cl2NO6. The van der Waals surface area contributed by atoms with Gasteiger partial charge in [0.1, 0.15) is 5.76 Å². The Balaban J connectivity index is 1.73. The van der Waals surface area contributed by atoms with E-state index in [2.05, 4.69) is 4.98 Å². The molecule has 0 atom stereocenters. The van der Waals surface area contributed by atoms with Crippen LogP contribution >= 0.6 is 23.2 Å². The SMILES string of the molecule is COc1ccc(C(=O)OC(=Cc2c(Cl)cncc2Cl)c2ccc(OC)c(OCC3CC3)c2)cc1OC. The zero-order valence-electron chi connectivity index (χ0n) is 20.0. The van der Waals surface area contributed by atoms with Crippen LogP contribution in [0, 0.1) is 5.92 Å². The summed E-state index contributed by atoms with van der Waals surface area (Å²) in [6.45, 7) is 0.590. The summed E-state index contributed by atoms with van der Waals surface area (Å²) >= 11 is 12.7. The quantitative estimate of drug-likeness (QED) is 0.217. The van der Waals surface area contributed by atoms with Crippen LogP contribution in [0.15, 0.2) is 48.8 Å². The second-order valence-corrected chi connectivity index (χ2v) is 8.92. The van der Waals surface area contributed by atoms with Crippen molar-refractivity contribution in [3.8, 4) is 23.0 Å². The lowest BCUT2D eigenvalue weighted by Gasteiger charge is -2.15. The highest BCUT2D eigenvalue weighted by molar-refractivity contribution is 6.37. The zero-order chi connectivity index (χ0) is 25.7. The van der Waals surface area contributed by atoms with Gasteiger partial charge in [-0.05, 0) is 61.2 Å². The molecule has 36 heavy (non-hydrogen) atoms. The molecule has 1 aliphatic carbocycles. The van der Waals surface area contributed by atoms with Crippen LogP contribution in [0.2, 0.25) is 10.0 Å². The molecule has 4 rings (SSSR count). The van der Waals surface area contributed by atoms with Crippen LogP contribution in [0.4, 0.5) is 0 Å². The highest BCUT2D eigenvalue weighted by Gasteiger charge is 2.23. The zero-order valence-corrected chi connectivity index (χ0v) is 21.6. The van der Waals surface area contributed by atoms with Gasteiger partial charge < -0.3 is 23.7 Å². The van der Waals surface area contributed by atoms with Crippen molar-refractivity contribution in [2.24, 2.45) is 5.92 Å². The van der Waals surface area contributed by atoms with E-state index in [-0.39, 0.29) is 11.3 Å². The highest BCUT2D eigenvalue weighted by atomic mass is 35.5. The van der Waals surface area contributed by atoms with E-state index < -0.39 is 5.97 Å². The minimum absolute atomic E-state index is 0.212. The Hall–Kier alpha value is -3.42. The molecule has 1 fully saturated rings. The predicted molar refractivity (Wildman–Crippen MR) is 138 cm³/mol. The van der Waals surface area contributed by atoms with Crippen LogP contribution in [0.25, 0.3) is 11.8 Å². The molecule has 0 aliphatic heterocycles. The van der Waals surface area contributed by atoms with Crippen LogP contribution in [-0.4, -0.2) is 38.9 Å². The number of esters is 1. The fourth-order valence-corrected chi connectivity index (χ4v) is 3.89. The summed E-state index contributed by atoms with van der Waals surface area (Å²) in [6.07, 6.45) is 6.82. The molecular weight excluding hydrogens is 505 g/mol. The molecule has 0 unspecified atom stereocenters. The fraction of sp³-hybridized carbons (Fsp3) is 0.259. The van der Waals surface area contributed by atoms with Crippen molar-refractivity contribution in [2.45, 2.75) is 12.8 Å². The van der Waals surface area contributed by atoms with E-state index in [0.29, 0.717) is 56.7 Å². The fourth-order valence-electron chi connectivity index (χ4n) is 3.42. The first kappa shape index (κ1) is 25.7. The van der Waals surface area contributed by atoms with Gasteiger partial charge in [0, 0.05) is 23.5 Å². The van der Waals surface area contributed by atoms with Crippen LogP contribution in [0.5, 0.6) is 23.0 Å². The van der Waals surface area contributed by atoms with Crippen LogP contribution in [0.1, 0.15) is 34.3 Å². The number of carbonyl (C=O) groups is 1. The van der Waals surface area contributed by atoms with E-state index in [9.17, 15) is 4.79 Å². The van der Waals surface area contributed by atoms with Gasteiger partial charge in [-0.25, -0.2) is 4.79 Å². The molecule has 0 N–H and O–H groups in total. The molecule has 3 aromatic rings. The van der Waals surface area contributed by atoms with Gasteiger partial charge in [-0.2, -0.15) is 0 Å². The van der Waals surface area contributed by atoms with Crippen LogP contribution in [0.3, 0.4) is 0 Å². The van der Waals surface area contributed by atoms with Crippen LogP contribution in [-0.2, 0) is 4.74 Å². The summed E-state index contributed by atoms with van der Waals surface area (Å²) in [4.78, 5) is 17.2. The summed E-state index contributed by atoms with van der Waals surface area (Å²) in [5.74, 6) is 2.16. The average molecular weight is 530 g/mol. The maximum Gasteiger partial charge on any atom is 0.343 e. The lowest BCUT2D eigenvalue weighted by Crippen LogP contribution is -2.07. The van der Waals surface area contributed by atoms with E-state index in [1.54, 1.807) is 49.6 Å². The van der Waals surface area contributed by atoms with Crippen molar-refractivity contribution in [3.05, 3.63) is 75.5 Å². The number of rotatable bonds is 10. The number of aromatic nitrogens is 1. The molecule has 7 nitrogen and oxygen atoms in total. The predicted octanol–water partition coefficient (Wildman–Crippen LogP) is 6.56. The van der Waals surface area contributed by atoms with Crippen molar-refractivity contribution in [1.82, 2.24) is 4.98 Å².